The third-order valence-electron chi connectivity index (χ3n) is 3.59. The van der Waals surface area contributed by atoms with Gasteiger partial charge in [0.25, 0.3) is 0 Å². The van der Waals surface area contributed by atoms with Crippen LogP contribution in [0, 0.1) is 11.8 Å². The summed E-state index contributed by atoms with van der Waals surface area (Å²) < 4.78 is 22.7. The van der Waals surface area contributed by atoms with Gasteiger partial charge in [-0.3, -0.25) is 4.79 Å². The third kappa shape index (κ3) is 6.90. The fourth-order valence-electron chi connectivity index (χ4n) is 2.48. The standard InChI is InChI=1S/C18H29O4PS/c1-5-21-15-9-7-8-10-17(15)24-12-16(23-20)14(11-13(3)4)18(19)22-6-2/h7-10,13-14,16H,5-6,11-12,23H2,1-4H3. The highest BCUT2D eigenvalue weighted by atomic mass is 32.2. The number of esters is 1. The van der Waals surface area contributed by atoms with E-state index >= 15 is 0 Å². The summed E-state index contributed by atoms with van der Waals surface area (Å²) in [5.74, 6) is 1.29. The molecule has 136 valence electrons. The van der Waals surface area contributed by atoms with Crippen LogP contribution in [0.2, 0.25) is 0 Å². The molecule has 0 aliphatic heterocycles. The van der Waals surface area contributed by atoms with Gasteiger partial charge in [-0.1, -0.05) is 26.0 Å². The average Bonchev–Trinajstić information content (AvgIpc) is 2.55. The van der Waals surface area contributed by atoms with Crippen LogP contribution in [0.3, 0.4) is 0 Å². The molecular formula is C18H29O4PS. The predicted molar refractivity (Wildman–Crippen MR) is 102 cm³/mol. The molecule has 0 N–H and O–H groups in total. The van der Waals surface area contributed by atoms with E-state index in [0.717, 1.165) is 10.6 Å². The smallest absolute Gasteiger partial charge is 0.309 e. The van der Waals surface area contributed by atoms with Crippen LogP contribution in [0.5, 0.6) is 5.75 Å². The molecule has 3 atom stereocenters. The summed E-state index contributed by atoms with van der Waals surface area (Å²) in [4.78, 5) is 13.3. The Kier molecular flexibility index (Phi) is 10.2. The molecule has 0 aromatic heterocycles. The number of para-hydroxylation sites is 1. The molecular weight excluding hydrogens is 343 g/mol. The second kappa shape index (κ2) is 11.6. The molecule has 3 unspecified atom stereocenters. The van der Waals surface area contributed by atoms with E-state index in [1.165, 1.54) is 0 Å². The van der Waals surface area contributed by atoms with Gasteiger partial charge in [-0.15, -0.1) is 11.8 Å². The van der Waals surface area contributed by atoms with Crippen LogP contribution < -0.4 is 4.74 Å². The molecule has 0 saturated carbocycles. The number of hydrogen-bond donors (Lipinski definition) is 0. The van der Waals surface area contributed by atoms with Crippen molar-refractivity contribution in [2.45, 2.75) is 44.7 Å². The first-order valence-corrected chi connectivity index (χ1v) is 10.6. The van der Waals surface area contributed by atoms with Crippen LogP contribution in [0.15, 0.2) is 29.2 Å². The summed E-state index contributed by atoms with van der Waals surface area (Å²) in [6.45, 7) is 8.85. The van der Waals surface area contributed by atoms with Crippen LogP contribution in [-0.4, -0.2) is 30.6 Å². The molecule has 0 heterocycles. The largest absolute Gasteiger partial charge is 0.493 e. The molecule has 6 heteroatoms. The van der Waals surface area contributed by atoms with Crippen molar-refractivity contribution in [2.24, 2.45) is 11.8 Å². The zero-order valence-electron chi connectivity index (χ0n) is 15.0. The Labute approximate surface area is 150 Å². The van der Waals surface area contributed by atoms with Crippen LogP contribution in [0.4, 0.5) is 0 Å². The Morgan fingerprint density at radius 3 is 2.50 bits per heavy atom. The van der Waals surface area contributed by atoms with E-state index in [-0.39, 0.29) is 17.5 Å². The van der Waals surface area contributed by atoms with Gasteiger partial charge in [0.15, 0.2) is 0 Å². The van der Waals surface area contributed by atoms with Gasteiger partial charge in [-0.25, -0.2) is 0 Å². The van der Waals surface area contributed by atoms with Crippen molar-refractivity contribution in [1.82, 2.24) is 0 Å². The number of hydrogen-bond acceptors (Lipinski definition) is 5. The van der Waals surface area contributed by atoms with E-state index in [1.807, 2.05) is 31.2 Å². The highest BCUT2D eigenvalue weighted by molar-refractivity contribution is 7.99. The second-order valence-corrected chi connectivity index (χ2v) is 8.17. The SMILES string of the molecule is CCOC(=O)C(CC(C)C)C(CSc1ccccc1OCC)[PH2]=O. The van der Waals surface area contributed by atoms with Gasteiger partial charge in [-0.2, -0.15) is 0 Å². The molecule has 0 radical (unpaired) electrons. The zero-order chi connectivity index (χ0) is 17.9. The number of carbonyl (C=O) groups is 1. The summed E-state index contributed by atoms with van der Waals surface area (Å²) in [5, 5.41) is 0. The van der Waals surface area contributed by atoms with Crippen molar-refractivity contribution < 1.29 is 18.8 Å². The average molecular weight is 372 g/mol. The summed E-state index contributed by atoms with van der Waals surface area (Å²) in [7, 11) is -1.06. The van der Waals surface area contributed by atoms with Crippen molar-refractivity contribution >= 4 is 26.2 Å². The number of thioether (sulfide) groups is 1. The van der Waals surface area contributed by atoms with Crippen molar-refractivity contribution in [3.8, 4) is 5.75 Å². The van der Waals surface area contributed by atoms with Gasteiger partial charge in [0.1, 0.15) is 5.75 Å². The summed E-state index contributed by atoms with van der Waals surface area (Å²) in [5.41, 5.74) is -0.161. The minimum Gasteiger partial charge on any atom is -0.493 e. The topological polar surface area (TPSA) is 52.6 Å². The van der Waals surface area contributed by atoms with Crippen molar-refractivity contribution in [1.29, 1.82) is 0 Å². The molecule has 0 saturated heterocycles. The van der Waals surface area contributed by atoms with E-state index in [4.69, 9.17) is 9.47 Å². The first-order valence-electron chi connectivity index (χ1n) is 8.49. The molecule has 0 aliphatic rings. The van der Waals surface area contributed by atoms with Gasteiger partial charge in [0.2, 0.25) is 0 Å². The van der Waals surface area contributed by atoms with Crippen LogP contribution in [-0.2, 0) is 14.1 Å². The van der Waals surface area contributed by atoms with Gasteiger partial charge >= 0.3 is 5.97 Å². The second-order valence-electron chi connectivity index (χ2n) is 5.98. The molecule has 0 fully saturated rings. The fraction of sp³-hybridized carbons (Fsp3) is 0.611. The highest BCUT2D eigenvalue weighted by Crippen LogP contribution is 2.34. The fourth-order valence-corrected chi connectivity index (χ4v) is 4.64. The maximum Gasteiger partial charge on any atom is 0.309 e. The monoisotopic (exact) mass is 372 g/mol. The molecule has 4 nitrogen and oxygen atoms in total. The molecule has 1 rings (SSSR count). The van der Waals surface area contributed by atoms with Gasteiger partial charge in [0, 0.05) is 16.3 Å². The van der Waals surface area contributed by atoms with Gasteiger partial charge in [-0.05, 0) is 38.3 Å². The normalized spacial score (nSPS) is 14.0. The molecule has 1 aromatic carbocycles. The van der Waals surface area contributed by atoms with E-state index in [1.54, 1.807) is 18.7 Å². The summed E-state index contributed by atoms with van der Waals surface area (Å²) in [6, 6.07) is 7.82. The Balaban J connectivity index is 2.83. The first kappa shape index (κ1) is 21.1. The summed E-state index contributed by atoms with van der Waals surface area (Å²) in [6.07, 6.45) is 0.701. The lowest BCUT2D eigenvalue weighted by atomic mass is 9.94. The van der Waals surface area contributed by atoms with Gasteiger partial charge in [0.05, 0.1) is 27.6 Å². The Bertz CT molecular complexity index is 521. The van der Waals surface area contributed by atoms with Crippen LogP contribution >= 0.6 is 20.2 Å². The maximum atomic E-state index is 12.3. The van der Waals surface area contributed by atoms with E-state index in [2.05, 4.69) is 13.8 Å². The predicted octanol–water partition coefficient (Wildman–Crippen LogP) is 4.53. The maximum absolute atomic E-state index is 12.3. The zero-order valence-corrected chi connectivity index (χ0v) is 17.0. The quantitative estimate of drug-likeness (QED) is 0.325. The Hall–Kier alpha value is -0.930. The minimum absolute atomic E-state index is 0.161. The van der Waals surface area contributed by atoms with Crippen molar-refractivity contribution in [3.05, 3.63) is 24.3 Å². The lowest BCUT2D eigenvalue weighted by Crippen LogP contribution is -2.29. The van der Waals surface area contributed by atoms with Crippen LogP contribution in [0.25, 0.3) is 0 Å². The van der Waals surface area contributed by atoms with E-state index in [0.29, 0.717) is 31.3 Å². The summed E-state index contributed by atoms with van der Waals surface area (Å²) >= 11 is 1.60. The van der Waals surface area contributed by atoms with Gasteiger partial charge < -0.3 is 14.0 Å². The van der Waals surface area contributed by atoms with E-state index in [9.17, 15) is 9.36 Å². The van der Waals surface area contributed by atoms with Crippen molar-refractivity contribution in [3.63, 3.8) is 0 Å². The number of benzene rings is 1. The van der Waals surface area contributed by atoms with Crippen LogP contribution in [0.1, 0.15) is 34.1 Å². The lowest BCUT2D eigenvalue weighted by Gasteiger charge is -2.23. The third-order valence-corrected chi connectivity index (χ3v) is 6.18. The van der Waals surface area contributed by atoms with E-state index < -0.39 is 8.46 Å². The lowest BCUT2D eigenvalue weighted by molar-refractivity contribution is -0.148. The van der Waals surface area contributed by atoms with Crippen molar-refractivity contribution in [2.75, 3.05) is 19.0 Å². The molecule has 0 amide bonds. The Morgan fingerprint density at radius 1 is 1.21 bits per heavy atom. The molecule has 24 heavy (non-hydrogen) atoms. The highest BCUT2D eigenvalue weighted by Gasteiger charge is 2.30. The molecule has 1 aromatic rings. The molecule has 0 aliphatic carbocycles. The number of rotatable bonds is 11. The first-order chi connectivity index (χ1) is 11.5. The molecule has 0 spiro atoms. The minimum atomic E-state index is -1.06. The number of ether oxygens (including phenoxy) is 2. The Morgan fingerprint density at radius 2 is 1.92 bits per heavy atom. The molecule has 0 bridgehead atoms. The number of carbonyl (C=O) groups excluding carboxylic acids is 1.